The number of hydrogen-bond acceptors (Lipinski definition) is 6. The van der Waals surface area contributed by atoms with E-state index in [1.165, 1.54) is 0 Å². The number of carboxylic acids is 2. The highest BCUT2D eigenvalue weighted by molar-refractivity contribution is 7.93. The van der Waals surface area contributed by atoms with Gasteiger partial charge >= 0.3 is 11.9 Å². The number of benzene rings is 7. The molecule has 0 fully saturated rings. The average Bonchev–Trinajstić information content (AvgIpc) is 3.25. The summed E-state index contributed by atoms with van der Waals surface area (Å²) in [5, 5.41) is 18.0. The van der Waals surface area contributed by atoms with E-state index < -0.39 is 32.0 Å². The lowest BCUT2D eigenvalue weighted by Crippen LogP contribution is -2.14. The topological polar surface area (TPSA) is 167 Å². The minimum absolute atomic E-state index is 0.200. The highest BCUT2D eigenvalue weighted by atomic mass is 32.2. The van der Waals surface area contributed by atoms with E-state index in [1.54, 1.807) is 104 Å². The van der Waals surface area contributed by atoms with E-state index in [1.807, 2.05) is 79.7 Å². The highest BCUT2D eigenvalue weighted by Gasteiger charge is 2.18. The first-order chi connectivity index (χ1) is 29.6. The molecule has 7 aromatic rings. The summed E-state index contributed by atoms with van der Waals surface area (Å²) in [6.45, 7) is 3.71. The molecule has 7 rings (SSSR count). The lowest BCUT2D eigenvalue weighted by Gasteiger charge is -2.12. The Balaban J connectivity index is 0.000000209. The fraction of sp³-hybridized carbons (Fsp3) is 0.120. The molecule has 0 aliphatic rings. The van der Waals surface area contributed by atoms with Crippen LogP contribution in [0.15, 0.2) is 180 Å². The van der Waals surface area contributed by atoms with Crippen molar-refractivity contribution in [2.45, 2.75) is 49.3 Å². The summed E-state index contributed by atoms with van der Waals surface area (Å²) in [6, 6.07) is 50.0. The molecule has 0 saturated heterocycles. The number of rotatable bonds is 15. The van der Waals surface area contributed by atoms with Crippen LogP contribution in [-0.2, 0) is 45.7 Å². The Labute approximate surface area is 362 Å². The maximum absolute atomic E-state index is 12.9. The molecule has 0 aromatic heterocycles. The molecular formula is C50H46N2O8S2. The summed E-state index contributed by atoms with van der Waals surface area (Å²) in [4.78, 5) is 22.4. The molecule has 0 aliphatic heterocycles. The van der Waals surface area contributed by atoms with Crippen LogP contribution >= 0.6 is 0 Å². The number of aryl methyl sites for hydroxylation is 6. The lowest BCUT2D eigenvalue weighted by atomic mass is 10.0. The van der Waals surface area contributed by atoms with Gasteiger partial charge in [0.2, 0.25) is 0 Å². The normalized spacial score (nSPS) is 11.2. The quantitative estimate of drug-likeness (QED) is 0.0790. The predicted octanol–water partition coefficient (Wildman–Crippen LogP) is 10.2. The second-order valence-electron chi connectivity index (χ2n) is 14.8. The standard InChI is InChI=1S/C27H23NO4S.C23H23NO4S/c29-27(30)24-13-11-20(12-14-24)9-10-21-5-4-8-25(19-21)28-33(31,32)26-17-15-23(16-18-26)22-6-2-1-3-7-22;1-16-6-13-22(17(2)14-16)29(27,28)24-21-5-3-4-19(15-21)8-7-18-9-11-20(12-10-18)23(25)26/h1-8,11-19,28H,9-10H2,(H,29,30);3-6,9-15,24H,7-8H2,1-2H3,(H,25,26). The molecule has 0 amide bonds. The van der Waals surface area contributed by atoms with Gasteiger partial charge in [0.25, 0.3) is 20.0 Å². The third-order valence-electron chi connectivity index (χ3n) is 10.1. The molecule has 0 unspecified atom stereocenters. The molecule has 0 radical (unpaired) electrons. The molecule has 7 aromatic carbocycles. The molecule has 0 bridgehead atoms. The molecule has 0 atom stereocenters. The fourth-order valence-electron chi connectivity index (χ4n) is 6.77. The van der Waals surface area contributed by atoms with Crippen molar-refractivity contribution < 1.29 is 36.6 Å². The van der Waals surface area contributed by atoms with E-state index in [9.17, 15) is 26.4 Å². The molecule has 62 heavy (non-hydrogen) atoms. The number of aromatic carboxylic acids is 2. The third kappa shape index (κ3) is 12.3. The van der Waals surface area contributed by atoms with E-state index in [4.69, 9.17) is 10.2 Å². The Morgan fingerprint density at radius 3 is 1.37 bits per heavy atom. The van der Waals surface area contributed by atoms with Gasteiger partial charge in [0, 0.05) is 11.4 Å². The summed E-state index contributed by atoms with van der Waals surface area (Å²) in [6.07, 6.45) is 2.86. The minimum atomic E-state index is -3.71. The van der Waals surface area contributed by atoms with Crippen molar-refractivity contribution in [3.8, 4) is 11.1 Å². The average molecular weight is 867 g/mol. The summed E-state index contributed by atoms with van der Waals surface area (Å²) in [5.74, 6) is -1.89. The number of carboxylic acid groups (broad SMARTS) is 2. The first-order valence-corrected chi connectivity index (χ1v) is 22.7. The van der Waals surface area contributed by atoms with Gasteiger partial charge in [-0.25, -0.2) is 26.4 Å². The molecule has 0 heterocycles. The predicted molar refractivity (Wildman–Crippen MR) is 244 cm³/mol. The van der Waals surface area contributed by atoms with Crippen LogP contribution < -0.4 is 9.44 Å². The Morgan fingerprint density at radius 2 is 0.903 bits per heavy atom. The molecule has 316 valence electrons. The van der Waals surface area contributed by atoms with Crippen molar-refractivity contribution in [2.24, 2.45) is 0 Å². The van der Waals surface area contributed by atoms with E-state index >= 15 is 0 Å². The van der Waals surface area contributed by atoms with Crippen LogP contribution in [0.5, 0.6) is 0 Å². The Bertz CT molecular complexity index is 2880. The SMILES string of the molecule is Cc1ccc(S(=O)(=O)Nc2cccc(CCc3ccc(C(=O)O)cc3)c2)c(C)c1.O=C(O)c1ccc(CCc2cccc(NS(=O)(=O)c3ccc(-c4ccccc4)cc3)c2)cc1. The molecule has 10 nitrogen and oxygen atoms in total. The van der Waals surface area contributed by atoms with Crippen LogP contribution in [0.4, 0.5) is 11.4 Å². The zero-order chi connectivity index (χ0) is 44.3. The Kier molecular flexibility index (Phi) is 14.4. The maximum atomic E-state index is 12.9. The van der Waals surface area contributed by atoms with E-state index in [0.717, 1.165) is 51.8 Å². The maximum Gasteiger partial charge on any atom is 0.335 e. The minimum Gasteiger partial charge on any atom is -0.478 e. The first-order valence-electron chi connectivity index (χ1n) is 19.8. The number of sulfonamides is 2. The van der Waals surface area contributed by atoms with Crippen LogP contribution in [0, 0.1) is 13.8 Å². The second kappa shape index (κ2) is 20.0. The van der Waals surface area contributed by atoms with Crippen molar-refractivity contribution in [1.82, 2.24) is 0 Å². The van der Waals surface area contributed by atoms with Crippen molar-refractivity contribution in [3.05, 3.63) is 214 Å². The summed E-state index contributed by atoms with van der Waals surface area (Å²) < 4.78 is 56.6. The highest BCUT2D eigenvalue weighted by Crippen LogP contribution is 2.24. The van der Waals surface area contributed by atoms with E-state index in [0.29, 0.717) is 29.8 Å². The van der Waals surface area contributed by atoms with Gasteiger partial charge in [-0.2, -0.15) is 0 Å². The molecule has 0 aliphatic carbocycles. The number of carbonyl (C=O) groups is 2. The Hall–Kier alpha value is -7.02. The number of anilines is 2. The summed E-state index contributed by atoms with van der Waals surface area (Å²) in [7, 11) is -7.38. The smallest absolute Gasteiger partial charge is 0.335 e. The van der Waals surface area contributed by atoms with Gasteiger partial charge in [0.15, 0.2) is 0 Å². The summed E-state index contributed by atoms with van der Waals surface area (Å²) in [5.41, 5.74) is 9.25. The largest absolute Gasteiger partial charge is 0.478 e. The molecule has 4 N–H and O–H groups in total. The lowest BCUT2D eigenvalue weighted by molar-refractivity contribution is 0.0686. The van der Waals surface area contributed by atoms with Crippen LogP contribution in [0.3, 0.4) is 0 Å². The van der Waals surface area contributed by atoms with Crippen molar-refractivity contribution in [1.29, 1.82) is 0 Å². The number of nitrogens with one attached hydrogen (secondary N) is 2. The molecule has 12 heteroatoms. The fourth-order valence-corrected chi connectivity index (χ4v) is 9.09. The van der Waals surface area contributed by atoms with Crippen molar-refractivity contribution in [3.63, 3.8) is 0 Å². The van der Waals surface area contributed by atoms with Gasteiger partial charge in [-0.1, -0.05) is 109 Å². The van der Waals surface area contributed by atoms with Gasteiger partial charge in [0.05, 0.1) is 20.9 Å². The second-order valence-corrected chi connectivity index (χ2v) is 18.1. The van der Waals surface area contributed by atoms with E-state index in [2.05, 4.69) is 9.44 Å². The van der Waals surface area contributed by atoms with Crippen LogP contribution in [0.1, 0.15) is 54.1 Å². The van der Waals surface area contributed by atoms with Crippen molar-refractivity contribution >= 4 is 43.4 Å². The monoisotopic (exact) mass is 866 g/mol. The Morgan fingerprint density at radius 1 is 0.452 bits per heavy atom. The molecular weight excluding hydrogens is 821 g/mol. The molecule has 0 spiro atoms. The van der Waals surface area contributed by atoms with Gasteiger partial charge in [-0.3, -0.25) is 9.44 Å². The molecule has 0 saturated carbocycles. The zero-order valence-corrected chi connectivity index (χ0v) is 35.8. The summed E-state index contributed by atoms with van der Waals surface area (Å²) >= 11 is 0. The number of hydrogen-bond donors (Lipinski definition) is 4. The van der Waals surface area contributed by atoms with Crippen LogP contribution in [0.2, 0.25) is 0 Å². The zero-order valence-electron chi connectivity index (χ0n) is 34.2. The van der Waals surface area contributed by atoms with Gasteiger partial charge in [0.1, 0.15) is 0 Å². The van der Waals surface area contributed by atoms with Crippen LogP contribution in [-0.4, -0.2) is 39.0 Å². The van der Waals surface area contributed by atoms with Crippen LogP contribution in [0.25, 0.3) is 11.1 Å². The van der Waals surface area contributed by atoms with Crippen molar-refractivity contribution in [2.75, 3.05) is 9.44 Å². The van der Waals surface area contributed by atoms with Gasteiger partial charge in [-0.15, -0.1) is 0 Å². The third-order valence-corrected chi connectivity index (χ3v) is 13.0. The van der Waals surface area contributed by atoms with E-state index in [-0.39, 0.29) is 20.9 Å². The van der Waals surface area contributed by atoms with Gasteiger partial charge in [-0.05, 0) is 145 Å². The van der Waals surface area contributed by atoms with Gasteiger partial charge < -0.3 is 10.2 Å². The first kappa shape index (κ1) is 44.5.